The molecule has 4 nitrogen and oxygen atoms in total. The van der Waals surface area contributed by atoms with Gasteiger partial charge in [-0.05, 0) is 32.2 Å². The Morgan fingerprint density at radius 1 is 1.40 bits per heavy atom. The maximum absolute atomic E-state index is 9.02. The quantitative estimate of drug-likeness (QED) is 0.900. The van der Waals surface area contributed by atoms with Crippen LogP contribution >= 0.6 is 0 Å². The summed E-state index contributed by atoms with van der Waals surface area (Å²) in [5.74, 6) is 0. The number of likely N-dealkylation sites (tertiary alicyclic amines) is 1. The fourth-order valence-corrected chi connectivity index (χ4v) is 3.26. The molecule has 2 rings (SSSR count). The van der Waals surface area contributed by atoms with Gasteiger partial charge in [-0.2, -0.15) is 5.10 Å². The van der Waals surface area contributed by atoms with Gasteiger partial charge in [0, 0.05) is 43.4 Å². The molecule has 1 aromatic heterocycles. The molecule has 2 heterocycles. The molecular formula is C16H29N3O. The molecule has 0 radical (unpaired) electrons. The molecule has 0 bridgehead atoms. The zero-order chi connectivity index (χ0) is 14.8. The first kappa shape index (κ1) is 15.5. The average Bonchev–Trinajstić information content (AvgIpc) is 2.93. The Morgan fingerprint density at radius 2 is 2.15 bits per heavy atom. The summed E-state index contributed by atoms with van der Waals surface area (Å²) in [7, 11) is 2.01. The van der Waals surface area contributed by atoms with Crippen LogP contribution in [0.25, 0.3) is 0 Å². The SMILES string of the molecule is Cn1cc(CN2CCCC2CCCO)c(C(C)(C)C)n1. The van der Waals surface area contributed by atoms with E-state index in [1.807, 2.05) is 11.7 Å². The number of hydrogen-bond donors (Lipinski definition) is 1. The molecule has 1 fully saturated rings. The van der Waals surface area contributed by atoms with Gasteiger partial charge in [0.25, 0.3) is 0 Å². The van der Waals surface area contributed by atoms with Gasteiger partial charge >= 0.3 is 0 Å². The molecule has 1 atom stereocenters. The molecule has 1 saturated heterocycles. The van der Waals surface area contributed by atoms with Crippen LogP contribution in [0.2, 0.25) is 0 Å². The minimum atomic E-state index is 0.0942. The number of aliphatic hydroxyl groups is 1. The molecule has 1 aromatic rings. The lowest BCUT2D eigenvalue weighted by atomic mass is 9.89. The highest BCUT2D eigenvalue weighted by molar-refractivity contribution is 5.24. The second-order valence-corrected chi connectivity index (χ2v) is 7.06. The fraction of sp³-hybridized carbons (Fsp3) is 0.812. The molecule has 1 aliphatic heterocycles. The van der Waals surface area contributed by atoms with Crippen molar-refractivity contribution in [3.05, 3.63) is 17.5 Å². The Hall–Kier alpha value is -0.870. The molecule has 4 heteroatoms. The number of aliphatic hydroxyl groups excluding tert-OH is 1. The second kappa shape index (κ2) is 6.27. The van der Waals surface area contributed by atoms with Crippen LogP contribution in [0.1, 0.15) is 57.7 Å². The van der Waals surface area contributed by atoms with E-state index in [1.165, 1.54) is 30.6 Å². The van der Waals surface area contributed by atoms with Gasteiger partial charge in [0.2, 0.25) is 0 Å². The summed E-state index contributed by atoms with van der Waals surface area (Å²) in [6.07, 6.45) is 6.75. The van der Waals surface area contributed by atoms with E-state index in [2.05, 4.69) is 37.0 Å². The zero-order valence-electron chi connectivity index (χ0n) is 13.4. The highest BCUT2D eigenvalue weighted by atomic mass is 16.2. The fourth-order valence-electron chi connectivity index (χ4n) is 3.26. The molecular weight excluding hydrogens is 250 g/mol. The summed E-state index contributed by atoms with van der Waals surface area (Å²) in [4.78, 5) is 2.57. The molecule has 114 valence electrons. The first-order valence-electron chi connectivity index (χ1n) is 7.79. The van der Waals surface area contributed by atoms with E-state index in [4.69, 9.17) is 5.11 Å². The van der Waals surface area contributed by atoms with Crippen molar-refractivity contribution >= 4 is 0 Å². The lowest BCUT2D eigenvalue weighted by Crippen LogP contribution is -2.30. The molecule has 0 aliphatic carbocycles. The number of rotatable bonds is 5. The van der Waals surface area contributed by atoms with Gasteiger partial charge < -0.3 is 5.11 Å². The van der Waals surface area contributed by atoms with Crippen LogP contribution in [0, 0.1) is 0 Å². The van der Waals surface area contributed by atoms with E-state index < -0.39 is 0 Å². The molecule has 0 amide bonds. The third-order valence-corrected chi connectivity index (χ3v) is 4.18. The lowest BCUT2D eigenvalue weighted by molar-refractivity contribution is 0.209. The second-order valence-electron chi connectivity index (χ2n) is 7.06. The van der Waals surface area contributed by atoms with E-state index in [0.29, 0.717) is 12.6 Å². The van der Waals surface area contributed by atoms with E-state index in [-0.39, 0.29) is 5.41 Å². The van der Waals surface area contributed by atoms with Gasteiger partial charge in [-0.15, -0.1) is 0 Å². The summed E-state index contributed by atoms with van der Waals surface area (Å²) < 4.78 is 1.94. The predicted molar refractivity (Wildman–Crippen MR) is 81.7 cm³/mol. The summed E-state index contributed by atoms with van der Waals surface area (Å²) in [6.45, 7) is 9.17. The normalized spacial score (nSPS) is 20.8. The van der Waals surface area contributed by atoms with Crippen molar-refractivity contribution in [1.82, 2.24) is 14.7 Å². The highest BCUT2D eigenvalue weighted by Crippen LogP contribution is 2.28. The molecule has 0 aromatic carbocycles. The third kappa shape index (κ3) is 3.61. The summed E-state index contributed by atoms with van der Waals surface area (Å²) >= 11 is 0. The van der Waals surface area contributed by atoms with Gasteiger partial charge in [0.1, 0.15) is 0 Å². The standard InChI is InChI=1S/C16H29N3O/c1-16(2,3)15-13(11-18(4)17-15)12-19-9-5-7-14(19)8-6-10-20/h11,14,20H,5-10,12H2,1-4H3. The van der Waals surface area contributed by atoms with Crippen molar-refractivity contribution in [2.24, 2.45) is 7.05 Å². The maximum Gasteiger partial charge on any atom is 0.0722 e. The smallest absolute Gasteiger partial charge is 0.0722 e. The first-order chi connectivity index (χ1) is 9.41. The van der Waals surface area contributed by atoms with E-state index in [0.717, 1.165) is 19.4 Å². The minimum absolute atomic E-state index is 0.0942. The van der Waals surface area contributed by atoms with Gasteiger partial charge in [-0.25, -0.2) is 0 Å². The lowest BCUT2D eigenvalue weighted by Gasteiger charge is -2.26. The summed E-state index contributed by atoms with van der Waals surface area (Å²) in [6, 6.07) is 0.634. The molecule has 0 saturated carbocycles. The number of nitrogens with zero attached hydrogens (tertiary/aromatic N) is 3. The summed E-state index contributed by atoms with van der Waals surface area (Å²) in [5.41, 5.74) is 2.67. The Bertz CT molecular complexity index is 433. The molecule has 0 spiro atoms. The molecule has 20 heavy (non-hydrogen) atoms. The first-order valence-corrected chi connectivity index (χ1v) is 7.79. The van der Waals surface area contributed by atoms with Crippen molar-refractivity contribution in [1.29, 1.82) is 0 Å². The Labute approximate surface area is 122 Å². The van der Waals surface area contributed by atoms with Crippen LogP contribution in [0.4, 0.5) is 0 Å². The van der Waals surface area contributed by atoms with E-state index in [9.17, 15) is 0 Å². The van der Waals surface area contributed by atoms with E-state index >= 15 is 0 Å². The van der Waals surface area contributed by atoms with Crippen LogP contribution < -0.4 is 0 Å². The van der Waals surface area contributed by atoms with Gasteiger partial charge in [0.15, 0.2) is 0 Å². The Kier molecular flexibility index (Phi) is 4.86. The summed E-state index contributed by atoms with van der Waals surface area (Å²) in [5, 5.41) is 13.7. The van der Waals surface area contributed by atoms with Crippen molar-refractivity contribution in [2.75, 3.05) is 13.2 Å². The molecule has 1 N–H and O–H groups in total. The van der Waals surface area contributed by atoms with Crippen LogP contribution in [0.5, 0.6) is 0 Å². The number of aryl methyl sites for hydroxylation is 1. The number of aromatic nitrogens is 2. The maximum atomic E-state index is 9.02. The topological polar surface area (TPSA) is 41.3 Å². The van der Waals surface area contributed by atoms with Crippen LogP contribution in [0.3, 0.4) is 0 Å². The van der Waals surface area contributed by atoms with Gasteiger partial charge in [0.05, 0.1) is 5.69 Å². The highest BCUT2D eigenvalue weighted by Gasteiger charge is 2.28. The van der Waals surface area contributed by atoms with Crippen molar-refractivity contribution < 1.29 is 5.11 Å². The number of hydrogen-bond acceptors (Lipinski definition) is 3. The van der Waals surface area contributed by atoms with Crippen LogP contribution in [-0.2, 0) is 19.0 Å². The van der Waals surface area contributed by atoms with Crippen molar-refractivity contribution in [3.63, 3.8) is 0 Å². The minimum Gasteiger partial charge on any atom is -0.396 e. The Balaban J connectivity index is 2.09. The third-order valence-electron chi connectivity index (χ3n) is 4.18. The predicted octanol–water partition coefficient (Wildman–Crippen LogP) is 2.45. The van der Waals surface area contributed by atoms with Crippen LogP contribution in [0.15, 0.2) is 6.20 Å². The monoisotopic (exact) mass is 279 g/mol. The molecule has 1 unspecified atom stereocenters. The molecule has 1 aliphatic rings. The largest absolute Gasteiger partial charge is 0.396 e. The van der Waals surface area contributed by atoms with Gasteiger partial charge in [-0.3, -0.25) is 9.58 Å². The van der Waals surface area contributed by atoms with E-state index in [1.54, 1.807) is 0 Å². The van der Waals surface area contributed by atoms with Crippen LogP contribution in [-0.4, -0.2) is 39.0 Å². The Morgan fingerprint density at radius 3 is 2.80 bits per heavy atom. The zero-order valence-corrected chi connectivity index (χ0v) is 13.4. The van der Waals surface area contributed by atoms with Gasteiger partial charge in [-0.1, -0.05) is 20.8 Å². The van der Waals surface area contributed by atoms with Crippen molar-refractivity contribution in [3.8, 4) is 0 Å². The van der Waals surface area contributed by atoms with Crippen molar-refractivity contribution in [2.45, 2.75) is 64.5 Å². The average molecular weight is 279 g/mol.